The van der Waals surface area contributed by atoms with Gasteiger partial charge in [-0.2, -0.15) is 5.26 Å². The van der Waals surface area contributed by atoms with E-state index in [1.54, 1.807) is 0 Å². The quantitative estimate of drug-likeness (QED) is 0.411. The summed E-state index contributed by atoms with van der Waals surface area (Å²) >= 11 is 4.43. The summed E-state index contributed by atoms with van der Waals surface area (Å²) in [5, 5.41) is 7.39. The molecule has 0 aliphatic heterocycles. The molecule has 0 bridgehead atoms. The maximum absolute atomic E-state index is 10.8. The van der Waals surface area contributed by atoms with E-state index < -0.39 is 5.63 Å². The van der Waals surface area contributed by atoms with Crippen molar-refractivity contribution in [1.29, 1.82) is 5.26 Å². The fourth-order valence-corrected chi connectivity index (χ4v) is 0. The van der Waals surface area contributed by atoms with E-state index in [1.807, 2.05) is 0 Å². The molecule has 0 unspecified atom stereocenters. The van der Waals surface area contributed by atoms with E-state index in [0.29, 0.717) is 0 Å². The first-order chi connectivity index (χ1) is 2.27. The molecule has 0 N–H and O–H groups in total. The van der Waals surface area contributed by atoms with Gasteiger partial charge in [0.25, 0.3) is 5.63 Å². The van der Waals surface area contributed by atoms with Crippen LogP contribution in [-0.4, -0.2) is 5.63 Å². The molecular formula is C2HClFN. The van der Waals surface area contributed by atoms with Crippen molar-refractivity contribution < 1.29 is 4.39 Å². The number of nitriles is 1. The summed E-state index contributed by atoms with van der Waals surface area (Å²) < 4.78 is 10.8. The maximum atomic E-state index is 10.8. The molecule has 1 atom stereocenters. The summed E-state index contributed by atoms with van der Waals surface area (Å²) in [6.45, 7) is 0. The number of alkyl halides is 2. The molecule has 0 radical (unpaired) electrons. The van der Waals surface area contributed by atoms with Crippen LogP contribution in [0.5, 0.6) is 0 Å². The zero-order valence-electron chi connectivity index (χ0n) is 2.28. The Bertz CT molecular complexity index is 55.2. The van der Waals surface area contributed by atoms with Gasteiger partial charge in [0.1, 0.15) is 6.07 Å². The molecule has 0 rings (SSSR count). The Kier molecular flexibility index (Phi) is 1.86. The summed E-state index contributed by atoms with van der Waals surface area (Å²) in [5.41, 5.74) is -1.84. The van der Waals surface area contributed by atoms with Crippen molar-refractivity contribution in [1.82, 2.24) is 0 Å². The van der Waals surface area contributed by atoms with Gasteiger partial charge in [-0.15, -0.1) is 0 Å². The SMILES string of the molecule is N#C[C@H](F)Cl. The van der Waals surface area contributed by atoms with Gasteiger partial charge in [-0.1, -0.05) is 11.6 Å². The minimum atomic E-state index is -1.84. The standard InChI is InChI=1S/C2HClFN/c3-2(4)1-5/h2H/t2-/m0/s1. The molecule has 1 nitrogen and oxygen atoms in total. The summed E-state index contributed by atoms with van der Waals surface area (Å²) in [6, 6.07) is 1.13. The van der Waals surface area contributed by atoms with E-state index in [4.69, 9.17) is 5.26 Å². The largest absolute Gasteiger partial charge is 0.259 e. The summed E-state index contributed by atoms with van der Waals surface area (Å²) in [6.07, 6.45) is 0. The molecule has 0 aliphatic rings. The molecular weight excluding hydrogens is 92.5 g/mol. The molecule has 0 fully saturated rings. The molecule has 0 saturated heterocycles. The van der Waals surface area contributed by atoms with E-state index in [1.165, 1.54) is 0 Å². The van der Waals surface area contributed by atoms with Crippen LogP contribution in [0.4, 0.5) is 4.39 Å². The zero-order valence-corrected chi connectivity index (χ0v) is 3.04. The Hall–Kier alpha value is -0.290. The van der Waals surface area contributed by atoms with Crippen molar-refractivity contribution in [2.75, 3.05) is 0 Å². The molecule has 0 aliphatic carbocycles. The van der Waals surface area contributed by atoms with Crippen molar-refractivity contribution in [2.24, 2.45) is 0 Å². The molecule has 0 spiro atoms. The lowest BCUT2D eigenvalue weighted by molar-refractivity contribution is 0.520. The van der Waals surface area contributed by atoms with E-state index in [0.717, 1.165) is 6.07 Å². The normalized spacial score (nSPS) is 13.0. The third-order valence-electron chi connectivity index (χ3n) is 0.0976. The third kappa shape index (κ3) is 3.71. The van der Waals surface area contributed by atoms with Gasteiger partial charge in [-0.3, -0.25) is 0 Å². The monoisotopic (exact) mass is 93.0 g/mol. The fraction of sp³-hybridized carbons (Fsp3) is 0.500. The van der Waals surface area contributed by atoms with E-state index >= 15 is 0 Å². The first kappa shape index (κ1) is 4.71. The second kappa shape index (κ2) is 1.98. The van der Waals surface area contributed by atoms with Crippen LogP contribution in [0.1, 0.15) is 0 Å². The summed E-state index contributed by atoms with van der Waals surface area (Å²) in [7, 11) is 0. The summed E-state index contributed by atoms with van der Waals surface area (Å²) in [4.78, 5) is 0. The maximum Gasteiger partial charge on any atom is 0.259 e. The van der Waals surface area contributed by atoms with Gasteiger partial charge < -0.3 is 0 Å². The van der Waals surface area contributed by atoms with Gasteiger partial charge in [0.05, 0.1) is 0 Å². The minimum absolute atomic E-state index is 1.13. The van der Waals surface area contributed by atoms with Crippen LogP contribution in [0.15, 0.2) is 0 Å². The average Bonchev–Trinajstić information content (AvgIpc) is 1.38. The van der Waals surface area contributed by atoms with Gasteiger partial charge >= 0.3 is 0 Å². The molecule has 0 saturated carbocycles. The number of rotatable bonds is 0. The third-order valence-corrected chi connectivity index (χ3v) is 0.195. The van der Waals surface area contributed by atoms with Crippen LogP contribution in [-0.2, 0) is 0 Å². The molecule has 5 heavy (non-hydrogen) atoms. The zero-order chi connectivity index (χ0) is 4.28. The second-order valence-electron chi connectivity index (χ2n) is 0.430. The lowest BCUT2D eigenvalue weighted by Crippen LogP contribution is -1.73. The molecule has 0 aromatic rings. The highest BCUT2D eigenvalue weighted by Crippen LogP contribution is 1.89. The molecule has 28 valence electrons. The highest BCUT2D eigenvalue weighted by Gasteiger charge is 1.88. The van der Waals surface area contributed by atoms with Crippen LogP contribution in [0.25, 0.3) is 0 Å². The van der Waals surface area contributed by atoms with Crippen LogP contribution in [0.2, 0.25) is 0 Å². The lowest BCUT2D eigenvalue weighted by Gasteiger charge is -1.68. The second-order valence-corrected chi connectivity index (χ2v) is 0.813. The molecule has 0 amide bonds. The van der Waals surface area contributed by atoms with Crippen LogP contribution in [0.3, 0.4) is 0 Å². The molecule has 3 heteroatoms. The smallest absolute Gasteiger partial charge is 0.213 e. The van der Waals surface area contributed by atoms with Crippen molar-refractivity contribution in [3.63, 3.8) is 0 Å². The van der Waals surface area contributed by atoms with E-state index in [2.05, 4.69) is 11.6 Å². The Morgan fingerprint density at radius 2 is 2.20 bits per heavy atom. The van der Waals surface area contributed by atoms with Crippen LogP contribution in [0, 0.1) is 11.3 Å². The Morgan fingerprint density at radius 3 is 2.20 bits per heavy atom. The Labute approximate surface area is 34.0 Å². The predicted octanol–water partition coefficient (Wildman–Crippen LogP) is 1.04. The van der Waals surface area contributed by atoms with Gasteiger partial charge in [-0.25, -0.2) is 4.39 Å². The number of halogens is 2. The van der Waals surface area contributed by atoms with Crippen LogP contribution < -0.4 is 0 Å². The van der Waals surface area contributed by atoms with Crippen molar-refractivity contribution in [3.8, 4) is 6.07 Å². The van der Waals surface area contributed by atoms with Gasteiger partial charge in [0.2, 0.25) is 0 Å². The van der Waals surface area contributed by atoms with E-state index in [9.17, 15) is 4.39 Å². The van der Waals surface area contributed by atoms with Crippen molar-refractivity contribution in [2.45, 2.75) is 5.63 Å². The van der Waals surface area contributed by atoms with Crippen molar-refractivity contribution >= 4 is 11.6 Å². The number of nitrogens with zero attached hydrogens (tertiary/aromatic N) is 1. The van der Waals surface area contributed by atoms with Crippen molar-refractivity contribution in [3.05, 3.63) is 0 Å². The van der Waals surface area contributed by atoms with Gasteiger partial charge in [0.15, 0.2) is 0 Å². The molecule has 0 aromatic carbocycles. The fourth-order valence-electron chi connectivity index (χ4n) is 0. The van der Waals surface area contributed by atoms with E-state index in [-0.39, 0.29) is 0 Å². The molecule has 0 heterocycles. The highest BCUT2D eigenvalue weighted by atomic mass is 35.5. The minimum Gasteiger partial charge on any atom is -0.213 e. The highest BCUT2D eigenvalue weighted by molar-refractivity contribution is 6.21. The molecule has 0 aromatic heterocycles. The Balaban J connectivity index is 2.94. The number of hydrogen-bond acceptors (Lipinski definition) is 1. The first-order valence-electron chi connectivity index (χ1n) is 0.949. The van der Waals surface area contributed by atoms with Crippen LogP contribution >= 0.6 is 11.6 Å². The Morgan fingerprint density at radius 1 is 2.00 bits per heavy atom. The topological polar surface area (TPSA) is 23.8 Å². The number of hydrogen-bond donors (Lipinski definition) is 0. The average molecular weight is 93.5 g/mol. The summed E-state index contributed by atoms with van der Waals surface area (Å²) in [5.74, 6) is 0. The first-order valence-corrected chi connectivity index (χ1v) is 1.39. The predicted molar refractivity (Wildman–Crippen MR) is 16.4 cm³/mol. The van der Waals surface area contributed by atoms with Gasteiger partial charge in [-0.05, 0) is 0 Å². The van der Waals surface area contributed by atoms with Gasteiger partial charge in [0, 0.05) is 0 Å². The lowest BCUT2D eigenvalue weighted by atomic mass is 10.9.